The summed E-state index contributed by atoms with van der Waals surface area (Å²) in [5.41, 5.74) is 5.18. The maximum absolute atomic E-state index is 12.5. The number of nitrogens with zero attached hydrogens (tertiary/aromatic N) is 2. The highest BCUT2D eigenvalue weighted by Gasteiger charge is 2.41. The lowest BCUT2D eigenvalue weighted by molar-refractivity contribution is -0.168. The minimum Gasteiger partial charge on any atom is -0.370 e. The third-order valence-electron chi connectivity index (χ3n) is 1.84. The molecule has 19 heavy (non-hydrogen) atoms. The molecule has 2 N–H and O–H groups in total. The van der Waals surface area contributed by atoms with Gasteiger partial charge in [-0.1, -0.05) is 5.16 Å². The number of hydrogen-bond donors (Lipinski definition) is 1. The number of aromatic nitrogens is 2. The average molecular weight is 287 g/mol. The zero-order valence-electron chi connectivity index (χ0n) is 9.82. The minimum atomic E-state index is -4.20. The smallest absolute Gasteiger partial charge is 0.330 e. The van der Waals surface area contributed by atoms with Crippen LogP contribution in [0.1, 0.15) is 11.7 Å². The summed E-state index contributed by atoms with van der Waals surface area (Å²) >= 11 is 0. The van der Waals surface area contributed by atoms with E-state index in [4.69, 9.17) is 15.0 Å². The summed E-state index contributed by atoms with van der Waals surface area (Å²) in [4.78, 5) is 3.75. The van der Waals surface area contributed by atoms with E-state index >= 15 is 0 Å². The monoisotopic (exact) mass is 287 g/mol. The molecule has 0 aliphatic carbocycles. The molecule has 1 heterocycles. The minimum absolute atomic E-state index is 0.0252. The van der Waals surface area contributed by atoms with Crippen molar-refractivity contribution in [1.82, 2.24) is 10.1 Å². The van der Waals surface area contributed by atoms with Gasteiger partial charge in [0.05, 0.1) is 6.61 Å². The number of alkyl halides is 4. The Balaban J connectivity index is 2.30. The zero-order chi connectivity index (χ0) is 14.3. The van der Waals surface area contributed by atoms with Gasteiger partial charge in [-0.2, -0.15) is 13.8 Å². The van der Waals surface area contributed by atoms with Gasteiger partial charge in [0.15, 0.2) is 5.82 Å². The first kappa shape index (κ1) is 15.8. The molecule has 1 aromatic rings. The van der Waals surface area contributed by atoms with E-state index in [2.05, 4.69) is 14.9 Å². The van der Waals surface area contributed by atoms with E-state index in [0.717, 1.165) is 0 Å². The van der Waals surface area contributed by atoms with Crippen LogP contribution < -0.4 is 5.73 Å². The van der Waals surface area contributed by atoms with Crippen LogP contribution in [-0.2, 0) is 22.7 Å². The largest absolute Gasteiger partial charge is 0.370 e. The van der Waals surface area contributed by atoms with E-state index in [-0.39, 0.29) is 18.3 Å². The standard InChI is InChI=1S/C9H13F4N3O3/c10-8(11)9(12,13)5-18-3-6-15-7(19-16-6)4-17-2-1-14/h8H,1-5,14H2. The molecule has 0 spiro atoms. The Labute approximate surface area is 105 Å². The van der Waals surface area contributed by atoms with Crippen molar-refractivity contribution in [3.05, 3.63) is 11.7 Å². The Morgan fingerprint density at radius 3 is 2.63 bits per heavy atom. The van der Waals surface area contributed by atoms with E-state index in [1.807, 2.05) is 0 Å². The van der Waals surface area contributed by atoms with E-state index in [0.29, 0.717) is 13.2 Å². The van der Waals surface area contributed by atoms with E-state index in [1.165, 1.54) is 0 Å². The van der Waals surface area contributed by atoms with Crippen LogP contribution in [0.25, 0.3) is 0 Å². The maximum Gasteiger partial charge on any atom is 0.330 e. The van der Waals surface area contributed by atoms with Crippen molar-refractivity contribution in [1.29, 1.82) is 0 Å². The Kier molecular flexibility index (Phi) is 6.12. The molecule has 0 amide bonds. The van der Waals surface area contributed by atoms with Crippen molar-refractivity contribution in [3.8, 4) is 0 Å². The molecular weight excluding hydrogens is 274 g/mol. The summed E-state index contributed by atoms with van der Waals surface area (Å²) in [6, 6.07) is 0. The van der Waals surface area contributed by atoms with Crippen LogP contribution in [0.15, 0.2) is 4.52 Å². The molecule has 0 bridgehead atoms. The van der Waals surface area contributed by atoms with Gasteiger partial charge in [-0.3, -0.25) is 0 Å². The highest BCUT2D eigenvalue weighted by atomic mass is 19.3. The molecule has 0 fully saturated rings. The Morgan fingerprint density at radius 1 is 1.26 bits per heavy atom. The van der Waals surface area contributed by atoms with Crippen LogP contribution in [0, 0.1) is 0 Å². The summed E-state index contributed by atoms with van der Waals surface area (Å²) in [6.45, 7) is -1.22. The molecule has 0 saturated carbocycles. The van der Waals surface area contributed by atoms with Crippen molar-refractivity contribution in [2.75, 3.05) is 19.8 Å². The van der Waals surface area contributed by atoms with Crippen LogP contribution in [0.5, 0.6) is 0 Å². The fourth-order valence-corrected chi connectivity index (χ4v) is 0.992. The quantitative estimate of drug-likeness (QED) is 0.538. The number of hydrogen-bond acceptors (Lipinski definition) is 6. The van der Waals surface area contributed by atoms with Gasteiger partial charge in [0.1, 0.15) is 19.8 Å². The average Bonchev–Trinajstić information content (AvgIpc) is 2.77. The predicted molar refractivity (Wildman–Crippen MR) is 53.6 cm³/mol. The maximum atomic E-state index is 12.5. The lowest BCUT2D eigenvalue weighted by Gasteiger charge is -2.14. The Hall–Kier alpha value is -1.26. The van der Waals surface area contributed by atoms with Crippen molar-refractivity contribution in [3.63, 3.8) is 0 Å². The van der Waals surface area contributed by atoms with Crippen LogP contribution in [0.2, 0.25) is 0 Å². The first-order chi connectivity index (χ1) is 8.95. The summed E-state index contributed by atoms with van der Waals surface area (Å²) < 4.78 is 62.7. The number of halogens is 4. The second-order valence-corrected chi connectivity index (χ2v) is 3.50. The molecule has 0 unspecified atom stereocenters. The second-order valence-electron chi connectivity index (χ2n) is 3.50. The normalized spacial score (nSPS) is 12.3. The lowest BCUT2D eigenvalue weighted by atomic mass is 10.4. The summed E-state index contributed by atoms with van der Waals surface area (Å²) in [6.07, 6.45) is -3.78. The van der Waals surface area contributed by atoms with Gasteiger partial charge in [-0.15, -0.1) is 0 Å². The zero-order valence-corrected chi connectivity index (χ0v) is 9.82. The Morgan fingerprint density at radius 2 is 2.00 bits per heavy atom. The topological polar surface area (TPSA) is 83.4 Å². The first-order valence-electron chi connectivity index (χ1n) is 5.28. The van der Waals surface area contributed by atoms with E-state index < -0.39 is 25.6 Å². The molecule has 6 nitrogen and oxygen atoms in total. The number of nitrogens with two attached hydrogens (primary N) is 1. The number of rotatable bonds is 9. The molecule has 0 atom stereocenters. The van der Waals surface area contributed by atoms with Gasteiger partial charge in [0, 0.05) is 6.54 Å². The number of ether oxygens (including phenoxy) is 2. The molecule has 0 saturated heterocycles. The van der Waals surface area contributed by atoms with Gasteiger partial charge < -0.3 is 19.7 Å². The molecule has 1 aromatic heterocycles. The summed E-state index contributed by atoms with van der Waals surface area (Å²) in [5, 5.41) is 3.40. The van der Waals surface area contributed by atoms with Gasteiger partial charge in [-0.05, 0) is 0 Å². The fraction of sp³-hybridized carbons (Fsp3) is 0.778. The molecule has 0 aliphatic heterocycles. The predicted octanol–water partition coefficient (Wildman–Crippen LogP) is 0.962. The van der Waals surface area contributed by atoms with Gasteiger partial charge >= 0.3 is 12.3 Å². The second kappa shape index (κ2) is 7.36. The first-order valence-corrected chi connectivity index (χ1v) is 5.28. The highest BCUT2D eigenvalue weighted by Crippen LogP contribution is 2.23. The van der Waals surface area contributed by atoms with Crippen molar-refractivity contribution >= 4 is 0 Å². The molecule has 0 radical (unpaired) electrons. The van der Waals surface area contributed by atoms with E-state index in [1.54, 1.807) is 0 Å². The van der Waals surface area contributed by atoms with E-state index in [9.17, 15) is 17.6 Å². The van der Waals surface area contributed by atoms with Crippen LogP contribution in [0.3, 0.4) is 0 Å². The van der Waals surface area contributed by atoms with Crippen LogP contribution in [0.4, 0.5) is 17.6 Å². The van der Waals surface area contributed by atoms with Gasteiger partial charge in [-0.25, -0.2) is 8.78 Å². The van der Waals surface area contributed by atoms with Gasteiger partial charge in [0.25, 0.3) is 5.89 Å². The third kappa shape index (κ3) is 5.49. The fourth-order valence-electron chi connectivity index (χ4n) is 0.992. The molecule has 1 rings (SSSR count). The molecular formula is C9H13F4N3O3. The van der Waals surface area contributed by atoms with Crippen molar-refractivity contribution < 1.29 is 31.6 Å². The van der Waals surface area contributed by atoms with Crippen molar-refractivity contribution in [2.45, 2.75) is 25.6 Å². The molecule has 10 heteroatoms. The lowest BCUT2D eigenvalue weighted by Crippen LogP contribution is -2.32. The van der Waals surface area contributed by atoms with Gasteiger partial charge in [0.2, 0.25) is 0 Å². The molecule has 0 aromatic carbocycles. The third-order valence-corrected chi connectivity index (χ3v) is 1.84. The SMILES string of the molecule is NCCOCc1nc(COCC(F)(F)C(F)F)no1. The summed E-state index contributed by atoms with van der Waals surface area (Å²) in [7, 11) is 0. The van der Waals surface area contributed by atoms with Crippen molar-refractivity contribution in [2.24, 2.45) is 5.73 Å². The van der Waals surface area contributed by atoms with Crippen LogP contribution in [-0.4, -0.2) is 42.2 Å². The molecule has 110 valence electrons. The van der Waals surface area contributed by atoms with Crippen LogP contribution >= 0.6 is 0 Å². The summed E-state index contributed by atoms with van der Waals surface area (Å²) in [5.74, 6) is -4.11. The highest BCUT2D eigenvalue weighted by molar-refractivity contribution is 4.83. The Bertz CT molecular complexity index is 375. The molecule has 0 aliphatic rings.